The Morgan fingerprint density at radius 3 is 2.27 bits per heavy atom. The largest absolute Gasteiger partial charge is 0.447 e. The molecule has 2 aromatic heterocycles. The zero-order valence-corrected chi connectivity index (χ0v) is 29.7. The Morgan fingerprint density at radius 2 is 1.69 bits per heavy atom. The maximum Gasteiger partial charge on any atom is 0.407 e. The quantitative estimate of drug-likeness (QED) is 0.0812. The number of hydrogen-bond acceptors (Lipinski definition) is 7. The minimum absolute atomic E-state index is 0.0134. The first-order valence-electron chi connectivity index (χ1n) is 15.9. The Labute approximate surface area is 297 Å². The number of amides is 2. The third-order valence-corrected chi connectivity index (χ3v) is 7.73. The van der Waals surface area contributed by atoms with Gasteiger partial charge in [0.2, 0.25) is 0 Å². The molecule has 0 spiro atoms. The van der Waals surface area contributed by atoms with Crippen LogP contribution in [0.4, 0.5) is 22.4 Å². The summed E-state index contributed by atoms with van der Waals surface area (Å²) in [4.78, 5) is 32.0. The number of halogens is 5. The lowest BCUT2D eigenvalue weighted by molar-refractivity contribution is 0.0566. The van der Waals surface area contributed by atoms with Gasteiger partial charge in [0.05, 0.1) is 22.9 Å². The van der Waals surface area contributed by atoms with Crippen LogP contribution in [0.15, 0.2) is 61.2 Å². The summed E-state index contributed by atoms with van der Waals surface area (Å²) >= 11 is 6.45. The average Bonchev–Trinajstić information content (AvgIpc) is 3.73. The Balaban J connectivity index is 1.80. The van der Waals surface area contributed by atoms with Gasteiger partial charge in [-0.05, 0) is 68.0 Å². The summed E-state index contributed by atoms with van der Waals surface area (Å²) in [5.74, 6) is -1.69. The molecular weight excluding hydrogens is 694 g/mol. The van der Waals surface area contributed by atoms with Crippen molar-refractivity contribution in [1.29, 1.82) is 5.41 Å². The summed E-state index contributed by atoms with van der Waals surface area (Å²) < 4.78 is 60.9. The van der Waals surface area contributed by atoms with Gasteiger partial charge in [-0.3, -0.25) is 15.1 Å². The van der Waals surface area contributed by atoms with E-state index in [1.54, 1.807) is 32.9 Å². The van der Waals surface area contributed by atoms with Crippen LogP contribution >= 0.6 is 11.6 Å². The van der Waals surface area contributed by atoms with Crippen LogP contribution in [0, 0.1) is 10.8 Å². The second-order valence-corrected chi connectivity index (χ2v) is 14.3. The molecule has 4 rings (SSSR count). The summed E-state index contributed by atoms with van der Waals surface area (Å²) in [6, 6.07) is 9.18. The zero-order valence-electron chi connectivity index (χ0n) is 28.9. The number of alkyl halides is 4. The molecule has 17 heteroatoms. The van der Waals surface area contributed by atoms with Crippen molar-refractivity contribution in [2.24, 2.45) is 5.41 Å². The van der Waals surface area contributed by atoms with E-state index >= 15 is 0 Å². The van der Waals surface area contributed by atoms with Crippen molar-refractivity contribution in [2.75, 3.05) is 13.2 Å². The number of nitrogens with one attached hydrogen (secondary N) is 3. The second-order valence-electron chi connectivity index (χ2n) is 13.9. The predicted octanol–water partition coefficient (Wildman–Crippen LogP) is 7.79. The van der Waals surface area contributed by atoms with Crippen molar-refractivity contribution in [3.05, 3.63) is 83.2 Å². The minimum Gasteiger partial charge on any atom is -0.447 e. The Hall–Kier alpha value is -4.99. The molecule has 1 atom stereocenters. The van der Waals surface area contributed by atoms with Crippen LogP contribution < -0.4 is 10.6 Å². The van der Waals surface area contributed by atoms with E-state index in [0.29, 0.717) is 28.8 Å². The monoisotopic (exact) mass is 733 g/mol. The Kier molecular flexibility index (Phi) is 12.1. The number of ether oxygens (including phenoxy) is 1. The molecule has 0 saturated carbocycles. The Morgan fingerprint density at radius 1 is 1.00 bits per heavy atom. The predicted molar refractivity (Wildman–Crippen MR) is 183 cm³/mol. The topological polar surface area (TPSA) is 143 Å². The summed E-state index contributed by atoms with van der Waals surface area (Å²) in [7, 11) is 0. The lowest BCUT2D eigenvalue weighted by Crippen LogP contribution is -2.49. The van der Waals surface area contributed by atoms with Gasteiger partial charge in [0.1, 0.15) is 12.9 Å². The molecular formula is C34H40ClF4N9O3. The molecule has 0 fully saturated rings. The molecule has 0 aliphatic heterocycles. The molecule has 0 radical (unpaired) electrons. The molecule has 2 aromatic carbocycles. The highest BCUT2D eigenvalue weighted by molar-refractivity contribution is 6.32. The molecule has 2 heterocycles. The number of alkyl carbamates (subject to hydrolysis) is 1. The normalized spacial score (nSPS) is 12.6. The van der Waals surface area contributed by atoms with Crippen LogP contribution in [0.1, 0.15) is 88.7 Å². The van der Waals surface area contributed by atoms with Crippen molar-refractivity contribution < 1.29 is 31.9 Å². The SMILES string of the molecule is CC(C)(C)CCNC(=N)N(C(=O)c1ccc(-c2cnn(C(F)F)c2)cc1)[C@H](COC(=O)NC(C)(C)C)c1ccc(Cl)c(-n2ncnc2C(F)F)c1. The van der Waals surface area contributed by atoms with Gasteiger partial charge >= 0.3 is 12.6 Å². The van der Waals surface area contributed by atoms with Crippen LogP contribution in [0.25, 0.3) is 16.8 Å². The number of benzene rings is 2. The van der Waals surface area contributed by atoms with Gasteiger partial charge < -0.3 is 15.4 Å². The molecule has 51 heavy (non-hydrogen) atoms. The van der Waals surface area contributed by atoms with E-state index in [1.807, 2.05) is 20.8 Å². The standard InChI is InChI=1S/C34H40ClF4N9O3/c1-33(2,3)13-14-41-31(40)47(29(49)21-9-7-20(8-10-21)23-16-43-46(17-23)30(38)39)26(18-51-32(50)45-34(4,5)6)22-11-12-24(35)25(15-22)48-28(27(36)37)42-19-44-48/h7-12,15-17,19,26-27,30H,13-14,18H2,1-6H3,(H2,40,41)(H,45,50)/t26-/m1/s1. The van der Waals surface area contributed by atoms with Crippen LogP contribution in [0.2, 0.25) is 5.02 Å². The fraction of sp³-hybridized carbons (Fsp3) is 0.412. The first kappa shape index (κ1) is 38.8. The van der Waals surface area contributed by atoms with E-state index in [-0.39, 0.29) is 33.2 Å². The highest BCUT2D eigenvalue weighted by Gasteiger charge is 2.33. The maximum absolute atomic E-state index is 14.4. The van der Waals surface area contributed by atoms with Gasteiger partial charge in [0.15, 0.2) is 11.8 Å². The molecule has 0 bridgehead atoms. The van der Waals surface area contributed by atoms with Crippen molar-refractivity contribution in [1.82, 2.24) is 40.1 Å². The molecule has 3 N–H and O–H groups in total. The van der Waals surface area contributed by atoms with Crippen LogP contribution in [-0.4, -0.2) is 66.1 Å². The van der Waals surface area contributed by atoms with E-state index in [4.69, 9.17) is 21.7 Å². The number of nitrogens with zero attached hydrogens (tertiary/aromatic N) is 6. The fourth-order valence-electron chi connectivity index (χ4n) is 4.88. The van der Waals surface area contributed by atoms with Gasteiger partial charge in [-0.1, -0.05) is 50.6 Å². The summed E-state index contributed by atoms with van der Waals surface area (Å²) in [6.07, 6.45) is 0.235. The highest BCUT2D eigenvalue weighted by atomic mass is 35.5. The van der Waals surface area contributed by atoms with Gasteiger partial charge in [0, 0.05) is 29.4 Å². The lowest BCUT2D eigenvalue weighted by atomic mass is 9.92. The third-order valence-electron chi connectivity index (χ3n) is 7.41. The molecule has 0 aliphatic rings. The Bertz CT molecular complexity index is 1830. The summed E-state index contributed by atoms with van der Waals surface area (Å²) in [6.45, 7) is 8.33. The number of rotatable bonds is 11. The molecule has 0 unspecified atom stereocenters. The summed E-state index contributed by atoms with van der Waals surface area (Å²) in [5.41, 5.74) is 0.505. The van der Waals surface area contributed by atoms with Crippen molar-refractivity contribution in [3.8, 4) is 16.8 Å². The minimum atomic E-state index is -2.99. The van der Waals surface area contributed by atoms with Gasteiger partial charge in [-0.15, -0.1) is 0 Å². The van der Waals surface area contributed by atoms with E-state index in [9.17, 15) is 27.2 Å². The second kappa shape index (κ2) is 15.9. The highest BCUT2D eigenvalue weighted by Crippen LogP contribution is 2.32. The molecule has 0 aliphatic carbocycles. The molecule has 12 nitrogen and oxygen atoms in total. The van der Waals surface area contributed by atoms with E-state index < -0.39 is 49.0 Å². The maximum atomic E-state index is 14.4. The van der Waals surface area contributed by atoms with Crippen LogP contribution in [-0.2, 0) is 4.74 Å². The first-order chi connectivity index (χ1) is 23.8. The van der Waals surface area contributed by atoms with E-state index in [0.717, 1.165) is 15.9 Å². The smallest absolute Gasteiger partial charge is 0.407 e. The number of aromatic nitrogens is 5. The van der Waals surface area contributed by atoms with Gasteiger partial charge in [-0.2, -0.15) is 19.0 Å². The van der Waals surface area contributed by atoms with Crippen molar-refractivity contribution in [3.63, 3.8) is 0 Å². The van der Waals surface area contributed by atoms with Crippen molar-refractivity contribution in [2.45, 2.75) is 72.5 Å². The molecule has 2 amide bonds. The molecule has 4 aromatic rings. The third kappa shape index (κ3) is 10.3. The number of guanidine groups is 1. The lowest BCUT2D eigenvalue weighted by Gasteiger charge is -2.33. The number of hydrogen-bond donors (Lipinski definition) is 3. The van der Waals surface area contributed by atoms with Crippen LogP contribution in [0.5, 0.6) is 0 Å². The summed E-state index contributed by atoms with van der Waals surface area (Å²) in [5, 5.41) is 22.4. The number of carbonyl (C=O) groups is 2. The average molecular weight is 734 g/mol. The van der Waals surface area contributed by atoms with Crippen molar-refractivity contribution >= 4 is 29.6 Å². The fourth-order valence-corrected chi connectivity index (χ4v) is 5.08. The van der Waals surface area contributed by atoms with Gasteiger partial charge in [0.25, 0.3) is 12.3 Å². The number of carbonyl (C=O) groups excluding carboxylic acids is 2. The molecule has 0 saturated heterocycles. The molecule has 274 valence electrons. The zero-order chi connectivity index (χ0) is 37.7. The van der Waals surface area contributed by atoms with E-state index in [2.05, 4.69) is 25.8 Å². The van der Waals surface area contributed by atoms with Gasteiger partial charge in [-0.25, -0.2) is 27.9 Å². The van der Waals surface area contributed by atoms with E-state index in [1.165, 1.54) is 42.7 Å². The first-order valence-corrected chi connectivity index (χ1v) is 16.2. The van der Waals surface area contributed by atoms with Crippen LogP contribution in [0.3, 0.4) is 0 Å².